The molecule has 0 saturated carbocycles. The third-order valence-electron chi connectivity index (χ3n) is 12.1. The highest BCUT2D eigenvalue weighted by atomic mass is 16.3. The average molecular weight is 785 g/mol. The number of rotatable bonds is 4. The van der Waals surface area contributed by atoms with Gasteiger partial charge in [-0.3, -0.25) is 9.59 Å². The smallest absolute Gasteiger partial charge is 0.182 e. The number of benzene rings is 8. The lowest BCUT2D eigenvalue weighted by molar-refractivity contribution is 0.0925. The molecule has 10 rings (SSSR count). The predicted octanol–water partition coefficient (Wildman–Crippen LogP) is 11.2. The Balaban J connectivity index is 0.000000154. The van der Waals surface area contributed by atoms with E-state index < -0.39 is 10.8 Å². The number of carbonyl (C=O) groups is 2. The molecular weight excluding hydrogens is 745 g/mol. The molecule has 0 bridgehead atoms. The van der Waals surface area contributed by atoms with Crippen molar-refractivity contribution in [1.29, 1.82) is 0 Å². The standard InChI is InChI=1S/C28H22O3.C26H18O3/c1-17-15-19(11-13-25(17)29)28(20-12-14-26(30)18(2)16-20)24-10-6-5-8-22(24)21-7-3-4-9-23(21)27(28)31;27-19-13-9-17(10-14-19)26(18-11-15-20(28)16-12-18)24-8-4-3-6-22(24)21-5-1-2-7-23(21)25(26)29/h3-16,29-30H,1-2H3;1-16,27-28H. The molecule has 0 unspecified atom stereocenters. The van der Waals surface area contributed by atoms with Crippen molar-refractivity contribution in [2.24, 2.45) is 0 Å². The minimum Gasteiger partial charge on any atom is -0.508 e. The van der Waals surface area contributed by atoms with E-state index >= 15 is 0 Å². The number of fused-ring (bicyclic) bond motifs is 6. The van der Waals surface area contributed by atoms with Crippen molar-refractivity contribution in [2.45, 2.75) is 24.7 Å². The van der Waals surface area contributed by atoms with Crippen LogP contribution < -0.4 is 0 Å². The Kier molecular flexibility index (Phi) is 9.21. The molecule has 60 heavy (non-hydrogen) atoms. The van der Waals surface area contributed by atoms with Gasteiger partial charge in [0.05, 0.1) is 0 Å². The summed E-state index contributed by atoms with van der Waals surface area (Å²) in [6.07, 6.45) is 0. The molecular formula is C54H40O6. The lowest BCUT2D eigenvalue weighted by atomic mass is 9.60. The zero-order chi connectivity index (χ0) is 41.8. The Morgan fingerprint density at radius 2 is 0.633 bits per heavy atom. The summed E-state index contributed by atoms with van der Waals surface area (Å²) in [5, 5.41) is 40.0. The van der Waals surface area contributed by atoms with Gasteiger partial charge in [0.1, 0.15) is 33.8 Å². The van der Waals surface area contributed by atoms with Crippen molar-refractivity contribution in [2.75, 3.05) is 0 Å². The van der Waals surface area contributed by atoms with Gasteiger partial charge in [-0.05, 0) is 117 Å². The summed E-state index contributed by atoms with van der Waals surface area (Å²) in [6, 6.07) is 55.6. The van der Waals surface area contributed by atoms with Crippen LogP contribution in [0.4, 0.5) is 0 Å². The molecule has 2 aliphatic rings. The van der Waals surface area contributed by atoms with Crippen LogP contribution in [0.2, 0.25) is 0 Å². The van der Waals surface area contributed by atoms with Gasteiger partial charge in [0, 0.05) is 11.1 Å². The Labute approximate surface area is 348 Å². The Hall–Kier alpha value is -7.70. The first-order valence-corrected chi connectivity index (χ1v) is 19.7. The van der Waals surface area contributed by atoms with Crippen LogP contribution in [0, 0.1) is 13.8 Å². The van der Waals surface area contributed by atoms with Crippen molar-refractivity contribution in [3.63, 3.8) is 0 Å². The highest BCUT2D eigenvalue weighted by Crippen LogP contribution is 2.53. The van der Waals surface area contributed by atoms with E-state index in [-0.39, 0.29) is 34.6 Å². The van der Waals surface area contributed by atoms with E-state index in [0.29, 0.717) is 22.3 Å². The summed E-state index contributed by atoms with van der Waals surface area (Å²) in [5.41, 5.74) is 9.32. The molecule has 0 saturated heterocycles. The Morgan fingerprint density at radius 3 is 1.00 bits per heavy atom. The van der Waals surface area contributed by atoms with Gasteiger partial charge >= 0.3 is 0 Å². The van der Waals surface area contributed by atoms with Crippen molar-refractivity contribution in [3.05, 3.63) is 238 Å². The highest BCUT2D eigenvalue weighted by molar-refractivity contribution is 6.18. The molecule has 0 radical (unpaired) electrons. The van der Waals surface area contributed by atoms with E-state index in [2.05, 4.69) is 6.07 Å². The summed E-state index contributed by atoms with van der Waals surface area (Å²) in [4.78, 5) is 28.5. The lowest BCUT2D eigenvalue weighted by Crippen LogP contribution is -2.41. The van der Waals surface area contributed by atoms with Gasteiger partial charge in [-0.1, -0.05) is 146 Å². The first-order valence-electron chi connectivity index (χ1n) is 19.7. The van der Waals surface area contributed by atoms with Crippen LogP contribution in [0.25, 0.3) is 22.3 Å². The normalized spacial score (nSPS) is 14.1. The van der Waals surface area contributed by atoms with Gasteiger partial charge in [0.15, 0.2) is 11.6 Å². The van der Waals surface area contributed by atoms with E-state index in [1.54, 1.807) is 60.7 Å². The number of hydrogen-bond acceptors (Lipinski definition) is 6. The monoisotopic (exact) mass is 784 g/mol. The molecule has 8 aromatic carbocycles. The quantitative estimate of drug-likeness (QED) is 0.141. The Bertz CT molecular complexity index is 2880. The van der Waals surface area contributed by atoms with Gasteiger partial charge in [-0.2, -0.15) is 0 Å². The fraction of sp³-hybridized carbons (Fsp3) is 0.0741. The van der Waals surface area contributed by atoms with E-state index in [0.717, 1.165) is 55.6 Å². The SMILES string of the molecule is Cc1cc(C2(c3ccc(O)c(C)c3)C(=O)c3ccccc3-c3ccccc32)ccc1O.O=C1c2ccccc2-c2ccccc2C1(c1ccc(O)cc1)c1ccc(O)cc1. The summed E-state index contributed by atoms with van der Waals surface area (Å²) < 4.78 is 0. The number of ketones is 2. The number of aromatic hydroxyl groups is 4. The lowest BCUT2D eigenvalue weighted by Gasteiger charge is -2.40. The number of carbonyl (C=O) groups excluding carboxylic acids is 2. The minimum absolute atomic E-state index is 0.0167. The van der Waals surface area contributed by atoms with Crippen LogP contribution in [0.15, 0.2) is 182 Å². The van der Waals surface area contributed by atoms with Crippen LogP contribution in [0.5, 0.6) is 23.0 Å². The van der Waals surface area contributed by atoms with Crippen LogP contribution in [-0.4, -0.2) is 32.0 Å². The maximum atomic E-state index is 14.4. The van der Waals surface area contributed by atoms with Crippen LogP contribution >= 0.6 is 0 Å². The largest absolute Gasteiger partial charge is 0.508 e. The number of Topliss-reactive ketones (excluding diaryl/α,β-unsaturated/α-hetero) is 2. The molecule has 6 nitrogen and oxygen atoms in total. The van der Waals surface area contributed by atoms with E-state index in [4.69, 9.17) is 0 Å². The van der Waals surface area contributed by atoms with Crippen LogP contribution in [0.1, 0.15) is 65.2 Å². The van der Waals surface area contributed by atoms with E-state index in [1.807, 2.05) is 129 Å². The molecule has 0 aromatic heterocycles. The number of phenolic OH excluding ortho intramolecular Hbond substituents is 4. The molecule has 0 atom stereocenters. The summed E-state index contributed by atoms with van der Waals surface area (Å²) in [6.45, 7) is 3.67. The molecule has 0 heterocycles. The first kappa shape index (κ1) is 37.9. The summed E-state index contributed by atoms with van der Waals surface area (Å²) >= 11 is 0. The van der Waals surface area contributed by atoms with Crippen LogP contribution in [0.3, 0.4) is 0 Å². The van der Waals surface area contributed by atoms with E-state index in [1.165, 1.54) is 0 Å². The van der Waals surface area contributed by atoms with Crippen molar-refractivity contribution < 1.29 is 30.0 Å². The van der Waals surface area contributed by atoms with Gasteiger partial charge in [0.2, 0.25) is 0 Å². The summed E-state index contributed by atoms with van der Waals surface area (Å²) in [5.74, 6) is 0.633. The second kappa shape index (κ2) is 14.6. The predicted molar refractivity (Wildman–Crippen MR) is 234 cm³/mol. The topological polar surface area (TPSA) is 115 Å². The second-order valence-electron chi connectivity index (χ2n) is 15.4. The van der Waals surface area contributed by atoms with Gasteiger partial charge in [0.25, 0.3) is 0 Å². The van der Waals surface area contributed by atoms with E-state index in [9.17, 15) is 30.0 Å². The van der Waals surface area contributed by atoms with Crippen molar-refractivity contribution >= 4 is 11.6 Å². The van der Waals surface area contributed by atoms with Crippen molar-refractivity contribution in [3.8, 4) is 45.3 Å². The maximum absolute atomic E-state index is 14.4. The van der Waals surface area contributed by atoms with Gasteiger partial charge in [-0.15, -0.1) is 0 Å². The first-order chi connectivity index (χ1) is 29.1. The maximum Gasteiger partial charge on any atom is 0.182 e. The van der Waals surface area contributed by atoms with Crippen LogP contribution in [-0.2, 0) is 10.8 Å². The number of phenols is 4. The molecule has 4 N–H and O–H groups in total. The molecule has 0 spiro atoms. The molecule has 0 amide bonds. The summed E-state index contributed by atoms with van der Waals surface area (Å²) in [7, 11) is 0. The zero-order valence-corrected chi connectivity index (χ0v) is 32.9. The molecule has 292 valence electrons. The Morgan fingerprint density at radius 1 is 0.333 bits per heavy atom. The molecule has 2 aliphatic carbocycles. The highest BCUT2D eigenvalue weighted by Gasteiger charge is 2.50. The molecule has 0 aliphatic heterocycles. The zero-order valence-electron chi connectivity index (χ0n) is 32.9. The third-order valence-corrected chi connectivity index (χ3v) is 12.1. The van der Waals surface area contributed by atoms with Gasteiger partial charge < -0.3 is 20.4 Å². The van der Waals surface area contributed by atoms with Crippen molar-refractivity contribution in [1.82, 2.24) is 0 Å². The molecule has 8 aromatic rings. The number of hydrogen-bond donors (Lipinski definition) is 4. The second-order valence-corrected chi connectivity index (χ2v) is 15.4. The third kappa shape index (κ3) is 5.71. The number of aryl methyl sites for hydroxylation is 2. The average Bonchev–Trinajstić information content (AvgIpc) is 3.28. The molecule has 6 heteroatoms. The fourth-order valence-electron chi connectivity index (χ4n) is 9.25. The minimum atomic E-state index is -1.10. The fourth-order valence-corrected chi connectivity index (χ4v) is 9.25. The molecule has 0 fully saturated rings. The van der Waals surface area contributed by atoms with Gasteiger partial charge in [-0.25, -0.2) is 0 Å².